The zero-order valence-corrected chi connectivity index (χ0v) is 15.3. The Hall–Kier alpha value is -2.33. The summed E-state index contributed by atoms with van der Waals surface area (Å²) in [6, 6.07) is 16.7. The highest BCUT2D eigenvalue weighted by Gasteiger charge is 2.24. The van der Waals surface area contributed by atoms with Crippen molar-refractivity contribution in [1.29, 1.82) is 0 Å². The van der Waals surface area contributed by atoms with Crippen LogP contribution in [0.15, 0.2) is 48.5 Å². The summed E-state index contributed by atoms with van der Waals surface area (Å²) < 4.78 is 5.99. The van der Waals surface area contributed by atoms with Crippen molar-refractivity contribution in [3.63, 3.8) is 0 Å². The standard InChI is InChI=1S/C22H26N2O2/c1-16-13-24(14-18-8-3-5-12-21(18)26-16)15-22(25)23-20-11-6-9-17-7-2-4-10-19(17)20/h2-5,7-8,10,12,16,20H,6,9,11,13-15H2,1H3,(H,23,25)/t16-,20-/m0/s1. The predicted octanol–water partition coefficient (Wildman–Crippen LogP) is 3.46. The van der Waals surface area contributed by atoms with Gasteiger partial charge in [0.15, 0.2) is 0 Å². The molecule has 4 heteroatoms. The quantitative estimate of drug-likeness (QED) is 0.922. The molecule has 2 aromatic carbocycles. The van der Waals surface area contributed by atoms with Gasteiger partial charge in [-0.05, 0) is 43.4 Å². The van der Waals surface area contributed by atoms with E-state index in [2.05, 4.69) is 47.5 Å². The van der Waals surface area contributed by atoms with E-state index in [1.54, 1.807) is 0 Å². The third kappa shape index (κ3) is 3.75. The van der Waals surface area contributed by atoms with E-state index in [1.165, 1.54) is 11.1 Å². The van der Waals surface area contributed by atoms with Crippen LogP contribution >= 0.6 is 0 Å². The Morgan fingerprint density at radius 2 is 1.92 bits per heavy atom. The summed E-state index contributed by atoms with van der Waals surface area (Å²) in [4.78, 5) is 14.9. The van der Waals surface area contributed by atoms with Crippen LogP contribution in [0.4, 0.5) is 0 Å². The highest BCUT2D eigenvalue weighted by Crippen LogP contribution is 2.29. The molecule has 1 heterocycles. The Balaban J connectivity index is 1.42. The number of hydrogen-bond acceptors (Lipinski definition) is 3. The van der Waals surface area contributed by atoms with Crippen molar-refractivity contribution in [1.82, 2.24) is 10.2 Å². The Morgan fingerprint density at radius 1 is 1.15 bits per heavy atom. The van der Waals surface area contributed by atoms with E-state index in [0.717, 1.165) is 43.7 Å². The summed E-state index contributed by atoms with van der Waals surface area (Å²) in [6.07, 6.45) is 3.33. The number of para-hydroxylation sites is 1. The molecule has 1 N–H and O–H groups in total. The van der Waals surface area contributed by atoms with Gasteiger partial charge in [0.05, 0.1) is 12.6 Å². The number of benzene rings is 2. The van der Waals surface area contributed by atoms with E-state index in [9.17, 15) is 4.79 Å². The Labute approximate surface area is 155 Å². The summed E-state index contributed by atoms with van der Waals surface area (Å²) in [7, 11) is 0. The summed E-state index contributed by atoms with van der Waals surface area (Å²) >= 11 is 0. The Morgan fingerprint density at radius 3 is 2.81 bits per heavy atom. The van der Waals surface area contributed by atoms with Gasteiger partial charge >= 0.3 is 0 Å². The van der Waals surface area contributed by atoms with Crippen LogP contribution in [0.3, 0.4) is 0 Å². The second-order valence-corrected chi connectivity index (χ2v) is 7.42. The second-order valence-electron chi connectivity index (χ2n) is 7.42. The maximum absolute atomic E-state index is 12.7. The first-order chi connectivity index (χ1) is 12.7. The van der Waals surface area contributed by atoms with Gasteiger partial charge in [-0.15, -0.1) is 0 Å². The fraction of sp³-hybridized carbons (Fsp3) is 0.409. The Bertz CT molecular complexity index is 789. The number of hydrogen-bond donors (Lipinski definition) is 1. The van der Waals surface area contributed by atoms with Crippen LogP contribution in [0.25, 0.3) is 0 Å². The highest BCUT2D eigenvalue weighted by molar-refractivity contribution is 5.78. The number of rotatable bonds is 3. The number of carbonyl (C=O) groups is 1. The van der Waals surface area contributed by atoms with Gasteiger partial charge in [0.2, 0.25) is 5.91 Å². The molecule has 1 aliphatic carbocycles. The zero-order chi connectivity index (χ0) is 17.9. The lowest BCUT2D eigenvalue weighted by Crippen LogP contribution is -2.41. The molecule has 0 fully saturated rings. The van der Waals surface area contributed by atoms with Crippen molar-refractivity contribution in [3.8, 4) is 5.75 Å². The number of nitrogens with one attached hydrogen (secondary N) is 1. The first-order valence-electron chi connectivity index (χ1n) is 9.53. The van der Waals surface area contributed by atoms with Crippen LogP contribution in [0.2, 0.25) is 0 Å². The molecule has 1 amide bonds. The summed E-state index contributed by atoms with van der Waals surface area (Å²) in [5.74, 6) is 1.03. The number of aryl methyl sites for hydroxylation is 1. The number of carbonyl (C=O) groups excluding carboxylic acids is 1. The molecule has 0 spiro atoms. The normalized spacial score (nSPS) is 22.5. The molecular weight excluding hydrogens is 324 g/mol. The maximum Gasteiger partial charge on any atom is 0.234 e. The Kier molecular flexibility index (Phi) is 4.93. The number of fused-ring (bicyclic) bond motifs is 2. The van der Waals surface area contributed by atoms with Crippen molar-refractivity contribution in [2.75, 3.05) is 13.1 Å². The molecule has 0 aromatic heterocycles. The van der Waals surface area contributed by atoms with Crippen LogP contribution in [0, 0.1) is 0 Å². The van der Waals surface area contributed by atoms with Gasteiger partial charge in [-0.3, -0.25) is 9.69 Å². The molecule has 136 valence electrons. The minimum Gasteiger partial charge on any atom is -0.489 e. The third-order valence-corrected chi connectivity index (χ3v) is 5.28. The van der Waals surface area contributed by atoms with Gasteiger partial charge in [0, 0.05) is 18.7 Å². The third-order valence-electron chi connectivity index (χ3n) is 5.28. The molecule has 4 rings (SSSR count). The molecule has 0 unspecified atom stereocenters. The van der Waals surface area contributed by atoms with E-state index in [0.29, 0.717) is 6.54 Å². The SMILES string of the molecule is C[C@H]1CN(CC(=O)N[C@H]2CCCc3ccccc32)Cc2ccccc2O1. The minimum absolute atomic E-state index is 0.0712. The van der Waals surface area contributed by atoms with Crippen LogP contribution in [-0.2, 0) is 17.8 Å². The first-order valence-corrected chi connectivity index (χ1v) is 9.53. The van der Waals surface area contributed by atoms with Crippen LogP contribution in [0.1, 0.15) is 42.5 Å². The van der Waals surface area contributed by atoms with Gasteiger partial charge in [0.25, 0.3) is 0 Å². The van der Waals surface area contributed by atoms with Crippen LogP contribution in [0.5, 0.6) is 5.75 Å². The molecule has 2 aromatic rings. The topological polar surface area (TPSA) is 41.6 Å². The first kappa shape index (κ1) is 17.1. The fourth-order valence-electron chi connectivity index (χ4n) is 4.14. The molecule has 0 saturated carbocycles. The predicted molar refractivity (Wildman–Crippen MR) is 102 cm³/mol. The molecule has 2 atom stereocenters. The number of nitrogens with zero attached hydrogens (tertiary/aromatic N) is 1. The second kappa shape index (κ2) is 7.50. The van der Waals surface area contributed by atoms with E-state index < -0.39 is 0 Å². The van der Waals surface area contributed by atoms with Gasteiger partial charge in [0.1, 0.15) is 11.9 Å². The lowest BCUT2D eigenvalue weighted by Gasteiger charge is -2.28. The van der Waals surface area contributed by atoms with E-state index in [4.69, 9.17) is 4.74 Å². The average molecular weight is 350 g/mol. The van der Waals surface area contributed by atoms with Crippen LogP contribution in [-0.4, -0.2) is 30.0 Å². The summed E-state index contributed by atoms with van der Waals surface area (Å²) in [5.41, 5.74) is 3.80. The molecule has 0 saturated heterocycles. The van der Waals surface area contributed by atoms with Crippen molar-refractivity contribution >= 4 is 5.91 Å². The van der Waals surface area contributed by atoms with E-state index in [1.807, 2.05) is 18.2 Å². The van der Waals surface area contributed by atoms with Crippen molar-refractivity contribution in [2.45, 2.75) is 44.9 Å². The monoisotopic (exact) mass is 350 g/mol. The molecule has 2 aliphatic rings. The van der Waals surface area contributed by atoms with Crippen molar-refractivity contribution in [3.05, 3.63) is 65.2 Å². The zero-order valence-electron chi connectivity index (χ0n) is 15.3. The van der Waals surface area contributed by atoms with E-state index >= 15 is 0 Å². The van der Waals surface area contributed by atoms with Crippen molar-refractivity contribution < 1.29 is 9.53 Å². The fourth-order valence-corrected chi connectivity index (χ4v) is 4.14. The van der Waals surface area contributed by atoms with Gasteiger partial charge in [-0.25, -0.2) is 0 Å². The smallest absolute Gasteiger partial charge is 0.234 e. The highest BCUT2D eigenvalue weighted by atomic mass is 16.5. The average Bonchev–Trinajstić information content (AvgIpc) is 2.79. The van der Waals surface area contributed by atoms with Gasteiger partial charge in [-0.1, -0.05) is 42.5 Å². The molecular formula is C22H26N2O2. The lowest BCUT2D eigenvalue weighted by molar-refractivity contribution is -0.123. The van der Waals surface area contributed by atoms with Crippen molar-refractivity contribution in [2.24, 2.45) is 0 Å². The summed E-state index contributed by atoms with van der Waals surface area (Å²) in [6.45, 7) is 3.96. The van der Waals surface area contributed by atoms with Gasteiger partial charge < -0.3 is 10.1 Å². The number of ether oxygens (including phenoxy) is 1. The largest absolute Gasteiger partial charge is 0.489 e. The van der Waals surface area contributed by atoms with E-state index in [-0.39, 0.29) is 18.1 Å². The molecule has 0 bridgehead atoms. The molecule has 4 nitrogen and oxygen atoms in total. The number of amides is 1. The summed E-state index contributed by atoms with van der Waals surface area (Å²) in [5, 5.41) is 3.26. The minimum atomic E-state index is 0.0712. The lowest BCUT2D eigenvalue weighted by atomic mass is 9.88. The molecule has 1 aliphatic heterocycles. The van der Waals surface area contributed by atoms with Gasteiger partial charge in [-0.2, -0.15) is 0 Å². The molecule has 0 radical (unpaired) electrons. The van der Waals surface area contributed by atoms with Crippen LogP contribution < -0.4 is 10.1 Å². The molecule has 26 heavy (non-hydrogen) atoms. The maximum atomic E-state index is 12.7.